The molecule has 2 nitrogen and oxygen atoms in total. The summed E-state index contributed by atoms with van der Waals surface area (Å²) in [6.07, 6.45) is 0.946. The first-order chi connectivity index (χ1) is 6.70. The number of hydrogen-bond donors (Lipinski definition) is 1. The van der Waals surface area contributed by atoms with E-state index in [1.54, 1.807) is 0 Å². The molecule has 0 aromatic heterocycles. The van der Waals surface area contributed by atoms with Gasteiger partial charge < -0.3 is 5.11 Å². The lowest BCUT2D eigenvalue weighted by molar-refractivity contribution is 0.131. The third-order valence-electron chi connectivity index (χ3n) is 2.88. The molecule has 1 aromatic carbocycles. The van der Waals surface area contributed by atoms with Crippen molar-refractivity contribution in [3.8, 4) is 0 Å². The second kappa shape index (κ2) is 4.01. The van der Waals surface area contributed by atoms with Crippen molar-refractivity contribution in [3.05, 3.63) is 33.8 Å². The van der Waals surface area contributed by atoms with Gasteiger partial charge in [-0.2, -0.15) is 0 Å². The minimum absolute atomic E-state index is 0.239. The van der Waals surface area contributed by atoms with E-state index in [4.69, 9.17) is 0 Å². The topological polar surface area (TPSA) is 23.5 Å². The first-order valence-electron chi connectivity index (χ1n) is 4.79. The summed E-state index contributed by atoms with van der Waals surface area (Å²) in [5, 5.41) is 9.20. The van der Waals surface area contributed by atoms with Crippen LogP contribution >= 0.6 is 15.9 Å². The Kier molecular flexibility index (Phi) is 2.91. The smallest absolute Gasteiger partial charge is 0.0590 e. The lowest BCUT2D eigenvalue weighted by Gasteiger charge is -2.32. The molecule has 1 aliphatic heterocycles. The minimum Gasteiger partial charge on any atom is -0.395 e. The Hall–Kier alpha value is -0.380. The van der Waals surface area contributed by atoms with E-state index in [-0.39, 0.29) is 12.6 Å². The van der Waals surface area contributed by atoms with E-state index in [1.807, 2.05) is 0 Å². The zero-order chi connectivity index (χ0) is 10.1. The maximum absolute atomic E-state index is 9.20. The first-order valence-corrected chi connectivity index (χ1v) is 5.58. The Balaban J connectivity index is 2.31. The van der Waals surface area contributed by atoms with E-state index in [1.165, 1.54) is 11.1 Å². The molecule has 0 fully saturated rings. The largest absolute Gasteiger partial charge is 0.395 e. The van der Waals surface area contributed by atoms with Crippen molar-refractivity contribution in [2.45, 2.75) is 19.0 Å². The minimum atomic E-state index is 0.239. The number of fused-ring (bicyclic) bond motifs is 1. The molecule has 0 saturated heterocycles. The summed E-state index contributed by atoms with van der Waals surface area (Å²) in [6.45, 7) is 1.18. The molecule has 0 saturated carbocycles. The van der Waals surface area contributed by atoms with Gasteiger partial charge in [0.2, 0.25) is 0 Å². The fourth-order valence-corrected chi connectivity index (χ4v) is 2.36. The van der Waals surface area contributed by atoms with Crippen molar-refractivity contribution in [3.63, 3.8) is 0 Å². The fraction of sp³-hybridized carbons (Fsp3) is 0.455. The zero-order valence-corrected chi connectivity index (χ0v) is 9.79. The van der Waals surface area contributed by atoms with E-state index in [9.17, 15) is 5.11 Å². The molecule has 1 atom stereocenters. The molecule has 1 heterocycles. The number of aliphatic hydroxyl groups is 1. The lowest BCUT2D eigenvalue weighted by atomic mass is 9.95. The van der Waals surface area contributed by atoms with Crippen molar-refractivity contribution in [2.75, 3.05) is 13.7 Å². The zero-order valence-electron chi connectivity index (χ0n) is 8.20. The van der Waals surface area contributed by atoms with Crippen LogP contribution in [0.1, 0.15) is 11.1 Å². The number of hydrogen-bond acceptors (Lipinski definition) is 2. The van der Waals surface area contributed by atoms with E-state index in [2.05, 4.69) is 46.1 Å². The Labute approximate surface area is 92.7 Å². The Bertz CT molecular complexity index is 340. The van der Waals surface area contributed by atoms with Gasteiger partial charge in [0.25, 0.3) is 0 Å². The molecule has 3 heteroatoms. The highest BCUT2D eigenvalue weighted by molar-refractivity contribution is 9.10. The number of likely N-dealkylation sites (N-methyl/N-ethyl adjacent to an activating group) is 1. The van der Waals surface area contributed by atoms with Gasteiger partial charge in [-0.05, 0) is 36.7 Å². The molecule has 0 aliphatic carbocycles. The number of aliphatic hydroxyl groups excluding tert-OH is 1. The maximum atomic E-state index is 9.20. The molecular weight excluding hydrogens is 242 g/mol. The predicted octanol–water partition coefficient (Wildman–Crippen LogP) is 1.80. The summed E-state index contributed by atoms with van der Waals surface area (Å²) < 4.78 is 1.12. The average molecular weight is 256 g/mol. The lowest BCUT2D eigenvalue weighted by Crippen LogP contribution is -2.39. The van der Waals surface area contributed by atoms with Gasteiger partial charge in [-0.1, -0.05) is 22.0 Å². The third kappa shape index (κ3) is 1.85. The van der Waals surface area contributed by atoms with E-state index in [0.717, 1.165) is 17.4 Å². The van der Waals surface area contributed by atoms with Crippen LogP contribution in [0.2, 0.25) is 0 Å². The Morgan fingerprint density at radius 2 is 2.29 bits per heavy atom. The van der Waals surface area contributed by atoms with E-state index >= 15 is 0 Å². The molecule has 1 aromatic rings. The van der Waals surface area contributed by atoms with Gasteiger partial charge in [0.15, 0.2) is 0 Å². The second-order valence-corrected chi connectivity index (χ2v) is 4.78. The average Bonchev–Trinajstić information content (AvgIpc) is 2.17. The van der Waals surface area contributed by atoms with Crippen LogP contribution in [-0.4, -0.2) is 29.7 Å². The summed E-state index contributed by atoms with van der Waals surface area (Å²) in [4.78, 5) is 2.20. The summed E-state index contributed by atoms with van der Waals surface area (Å²) >= 11 is 3.47. The van der Waals surface area contributed by atoms with Crippen LogP contribution in [0.15, 0.2) is 22.7 Å². The van der Waals surface area contributed by atoms with Crippen LogP contribution in [0.4, 0.5) is 0 Å². The highest BCUT2D eigenvalue weighted by atomic mass is 79.9. The molecule has 1 unspecified atom stereocenters. The number of benzene rings is 1. The monoisotopic (exact) mass is 255 g/mol. The first kappa shape index (κ1) is 10.1. The van der Waals surface area contributed by atoms with E-state index in [0.29, 0.717) is 0 Å². The summed E-state index contributed by atoms with van der Waals surface area (Å²) in [5.41, 5.74) is 2.73. The quantitative estimate of drug-likeness (QED) is 0.828. The molecule has 0 spiro atoms. The number of nitrogens with zero attached hydrogens (tertiary/aromatic N) is 1. The van der Waals surface area contributed by atoms with Crippen molar-refractivity contribution in [1.29, 1.82) is 0 Å². The molecule has 0 radical (unpaired) electrons. The van der Waals surface area contributed by atoms with Crippen molar-refractivity contribution in [2.24, 2.45) is 0 Å². The Morgan fingerprint density at radius 1 is 1.50 bits per heavy atom. The normalized spacial score (nSPS) is 22.1. The van der Waals surface area contributed by atoms with Crippen LogP contribution < -0.4 is 0 Å². The van der Waals surface area contributed by atoms with Crippen molar-refractivity contribution in [1.82, 2.24) is 4.90 Å². The SMILES string of the molecule is CN1Cc2ccc(Br)cc2CC1CO. The fourth-order valence-electron chi connectivity index (χ4n) is 1.95. The molecular formula is C11H14BrNO. The van der Waals surface area contributed by atoms with Crippen LogP contribution in [0, 0.1) is 0 Å². The van der Waals surface area contributed by atoms with Gasteiger partial charge >= 0.3 is 0 Å². The van der Waals surface area contributed by atoms with E-state index < -0.39 is 0 Å². The third-order valence-corrected chi connectivity index (χ3v) is 3.37. The number of halogens is 1. The van der Waals surface area contributed by atoms with Crippen LogP contribution in [0.25, 0.3) is 0 Å². The highest BCUT2D eigenvalue weighted by Crippen LogP contribution is 2.24. The summed E-state index contributed by atoms with van der Waals surface area (Å²) in [6, 6.07) is 6.66. The van der Waals surface area contributed by atoms with Gasteiger partial charge in [-0.15, -0.1) is 0 Å². The Morgan fingerprint density at radius 3 is 3.00 bits per heavy atom. The summed E-state index contributed by atoms with van der Waals surface area (Å²) in [7, 11) is 2.06. The molecule has 2 rings (SSSR count). The molecule has 14 heavy (non-hydrogen) atoms. The van der Waals surface area contributed by atoms with Crippen molar-refractivity contribution >= 4 is 15.9 Å². The van der Waals surface area contributed by atoms with Gasteiger partial charge in [0, 0.05) is 17.1 Å². The standard InChI is InChI=1S/C11H14BrNO/c1-13-6-8-2-3-10(12)4-9(8)5-11(13)7-14/h2-4,11,14H,5-7H2,1H3. The van der Waals surface area contributed by atoms with Gasteiger partial charge in [-0.3, -0.25) is 4.90 Å². The van der Waals surface area contributed by atoms with Crippen molar-refractivity contribution < 1.29 is 5.11 Å². The molecule has 76 valence electrons. The molecule has 0 amide bonds. The molecule has 0 bridgehead atoms. The van der Waals surface area contributed by atoms with Gasteiger partial charge in [0.1, 0.15) is 0 Å². The van der Waals surface area contributed by atoms with Crippen LogP contribution in [-0.2, 0) is 13.0 Å². The van der Waals surface area contributed by atoms with Crippen LogP contribution in [0.3, 0.4) is 0 Å². The predicted molar refractivity (Wildman–Crippen MR) is 60.2 cm³/mol. The second-order valence-electron chi connectivity index (χ2n) is 3.87. The maximum Gasteiger partial charge on any atom is 0.0590 e. The molecule has 1 N–H and O–H groups in total. The number of rotatable bonds is 1. The highest BCUT2D eigenvalue weighted by Gasteiger charge is 2.22. The molecule has 1 aliphatic rings. The van der Waals surface area contributed by atoms with Crippen LogP contribution in [0.5, 0.6) is 0 Å². The summed E-state index contributed by atoms with van der Waals surface area (Å²) in [5.74, 6) is 0. The van der Waals surface area contributed by atoms with Gasteiger partial charge in [-0.25, -0.2) is 0 Å². The van der Waals surface area contributed by atoms with Gasteiger partial charge in [0.05, 0.1) is 6.61 Å².